The summed E-state index contributed by atoms with van der Waals surface area (Å²) in [4.78, 5) is 26.6. The minimum atomic E-state index is -0.229. The molecule has 7 nitrogen and oxygen atoms in total. The summed E-state index contributed by atoms with van der Waals surface area (Å²) in [7, 11) is 1.57. The van der Waals surface area contributed by atoms with Crippen molar-refractivity contribution in [2.45, 2.75) is 0 Å². The van der Waals surface area contributed by atoms with E-state index in [4.69, 9.17) is 9.47 Å². The van der Waals surface area contributed by atoms with Crippen LogP contribution in [-0.4, -0.2) is 56.7 Å². The summed E-state index contributed by atoms with van der Waals surface area (Å²) in [5.41, 5.74) is 1.84. The van der Waals surface area contributed by atoms with E-state index >= 15 is 0 Å². The van der Waals surface area contributed by atoms with Crippen molar-refractivity contribution in [2.75, 3.05) is 50.6 Å². The summed E-state index contributed by atoms with van der Waals surface area (Å²) in [6, 6.07) is 12.1. The fourth-order valence-electron chi connectivity index (χ4n) is 2.81. The number of hydrogen-bond acceptors (Lipinski definition) is 5. The fraction of sp³-hybridized carbons (Fsp3) is 0.300. The van der Waals surface area contributed by atoms with Crippen molar-refractivity contribution in [3.05, 3.63) is 52.5 Å². The second-order valence-corrected chi connectivity index (χ2v) is 7.17. The van der Waals surface area contributed by atoms with Crippen LogP contribution >= 0.6 is 15.9 Å². The maximum Gasteiger partial charge on any atom is 0.255 e. The van der Waals surface area contributed by atoms with E-state index in [2.05, 4.69) is 31.5 Å². The highest BCUT2D eigenvalue weighted by molar-refractivity contribution is 9.10. The fourth-order valence-corrected chi connectivity index (χ4v) is 3.35. The van der Waals surface area contributed by atoms with E-state index in [0.29, 0.717) is 46.9 Å². The van der Waals surface area contributed by atoms with Gasteiger partial charge in [-0.05, 0) is 58.4 Å². The Kier molecular flexibility index (Phi) is 7.02. The topological polar surface area (TPSA) is 79.9 Å². The number of amides is 2. The van der Waals surface area contributed by atoms with Gasteiger partial charge in [-0.15, -0.1) is 0 Å². The molecule has 0 unspecified atom stereocenters. The van der Waals surface area contributed by atoms with Gasteiger partial charge in [0.05, 0.1) is 31.3 Å². The number of methoxy groups -OCH3 is 1. The number of rotatable bonds is 6. The summed E-state index contributed by atoms with van der Waals surface area (Å²) >= 11 is 3.37. The molecule has 0 aliphatic carbocycles. The predicted molar refractivity (Wildman–Crippen MR) is 111 cm³/mol. The van der Waals surface area contributed by atoms with Crippen LogP contribution in [0.5, 0.6) is 5.75 Å². The summed E-state index contributed by atoms with van der Waals surface area (Å²) < 4.78 is 11.2. The maximum atomic E-state index is 12.4. The molecule has 0 spiro atoms. The molecule has 0 saturated carbocycles. The smallest absolute Gasteiger partial charge is 0.255 e. The Morgan fingerprint density at radius 3 is 2.32 bits per heavy atom. The SMILES string of the molecule is COc1ccc(C(=O)Nc2ccc(NC(=O)CN3CCOCC3)cc2)cc1Br. The Balaban J connectivity index is 1.54. The molecule has 3 rings (SSSR count). The minimum absolute atomic E-state index is 0.0678. The summed E-state index contributed by atoms with van der Waals surface area (Å²) in [6.07, 6.45) is 0. The summed E-state index contributed by atoms with van der Waals surface area (Å²) in [6.45, 7) is 3.19. The zero-order valence-electron chi connectivity index (χ0n) is 15.5. The number of nitrogens with zero attached hydrogens (tertiary/aromatic N) is 1. The van der Waals surface area contributed by atoms with E-state index in [-0.39, 0.29) is 11.8 Å². The van der Waals surface area contributed by atoms with Crippen LogP contribution in [0, 0.1) is 0 Å². The van der Waals surface area contributed by atoms with Crippen molar-refractivity contribution in [1.29, 1.82) is 0 Å². The molecule has 2 amide bonds. The third kappa shape index (κ3) is 5.54. The van der Waals surface area contributed by atoms with Crippen molar-refractivity contribution in [1.82, 2.24) is 4.90 Å². The number of halogens is 1. The molecule has 1 aliphatic heterocycles. The highest BCUT2D eigenvalue weighted by Crippen LogP contribution is 2.26. The first kappa shape index (κ1) is 20.3. The first-order valence-corrected chi connectivity index (χ1v) is 9.69. The molecule has 2 aromatic carbocycles. The number of nitrogens with one attached hydrogen (secondary N) is 2. The molecule has 2 N–H and O–H groups in total. The van der Waals surface area contributed by atoms with Crippen molar-refractivity contribution in [3.8, 4) is 5.75 Å². The van der Waals surface area contributed by atoms with Gasteiger partial charge in [0, 0.05) is 30.0 Å². The lowest BCUT2D eigenvalue weighted by molar-refractivity contribution is -0.118. The van der Waals surface area contributed by atoms with E-state index in [1.807, 2.05) is 0 Å². The van der Waals surface area contributed by atoms with Gasteiger partial charge in [0.25, 0.3) is 5.91 Å². The van der Waals surface area contributed by atoms with E-state index in [1.54, 1.807) is 49.6 Å². The van der Waals surface area contributed by atoms with Gasteiger partial charge in [-0.25, -0.2) is 0 Å². The minimum Gasteiger partial charge on any atom is -0.496 e. The molecule has 0 bridgehead atoms. The second-order valence-electron chi connectivity index (χ2n) is 6.32. The van der Waals surface area contributed by atoms with Crippen molar-refractivity contribution in [2.24, 2.45) is 0 Å². The number of anilines is 2. The largest absolute Gasteiger partial charge is 0.496 e. The number of hydrogen-bond donors (Lipinski definition) is 2. The van der Waals surface area contributed by atoms with Crippen LogP contribution in [0.25, 0.3) is 0 Å². The van der Waals surface area contributed by atoms with Crippen molar-refractivity contribution in [3.63, 3.8) is 0 Å². The molecule has 1 saturated heterocycles. The first-order chi connectivity index (χ1) is 13.5. The quantitative estimate of drug-likeness (QED) is 0.711. The third-order valence-corrected chi connectivity index (χ3v) is 4.93. The molecule has 2 aromatic rings. The van der Waals surface area contributed by atoms with Crippen molar-refractivity contribution < 1.29 is 19.1 Å². The van der Waals surface area contributed by atoms with Crippen LogP contribution in [0.4, 0.5) is 11.4 Å². The van der Waals surface area contributed by atoms with Crippen LogP contribution in [0.2, 0.25) is 0 Å². The molecule has 1 fully saturated rings. The van der Waals surface area contributed by atoms with Crippen molar-refractivity contribution >= 4 is 39.1 Å². The Labute approximate surface area is 172 Å². The molecule has 28 heavy (non-hydrogen) atoms. The van der Waals surface area contributed by atoms with Gasteiger partial charge >= 0.3 is 0 Å². The number of carbonyl (C=O) groups is 2. The normalized spacial score (nSPS) is 14.4. The molecule has 1 heterocycles. The number of ether oxygens (including phenoxy) is 2. The number of morpholine rings is 1. The molecule has 8 heteroatoms. The average Bonchev–Trinajstić information content (AvgIpc) is 2.70. The molecular formula is C20H22BrN3O4. The number of carbonyl (C=O) groups excluding carboxylic acids is 2. The van der Waals surface area contributed by atoms with Gasteiger partial charge in [-0.2, -0.15) is 0 Å². The molecule has 0 atom stereocenters. The Morgan fingerprint density at radius 1 is 1.07 bits per heavy atom. The standard InChI is InChI=1S/C20H22BrN3O4/c1-27-18-7-2-14(12-17(18)21)20(26)23-16-5-3-15(4-6-16)22-19(25)13-24-8-10-28-11-9-24/h2-7,12H,8-11,13H2,1H3,(H,22,25)(H,23,26). The molecular weight excluding hydrogens is 426 g/mol. The van der Waals surface area contributed by atoms with E-state index in [9.17, 15) is 9.59 Å². The van der Waals surface area contributed by atoms with Gasteiger partial charge in [-0.1, -0.05) is 0 Å². The lowest BCUT2D eigenvalue weighted by Crippen LogP contribution is -2.41. The third-order valence-electron chi connectivity index (χ3n) is 4.31. The van der Waals surface area contributed by atoms with E-state index in [1.165, 1.54) is 0 Å². The Morgan fingerprint density at radius 2 is 1.71 bits per heavy atom. The van der Waals surface area contributed by atoms with Gasteiger partial charge < -0.3 is 20.1 Å². The predicted octanol–water partition coefficient (Wildman–Crippen LogP) is 2.98. The second kappa shape index (κ2) is 9.68. The highest BCUT2D eigenvalue weighted by Gasteiger charge is 2.14. The van der Waals surface area contributed by atoms with Gasteiger partial charge in [0.1, 0.15) is 5.75 Å². The molecule has 148 valence electrons. The summed E-state index contributed by atoms with van der Waals surface area (Å²) in [5.74, 6) is 0.364. The molecule has 0 radical (unpaired) electrons. The maximum absolute atomic E-state index is 12.4. The van der Waals surface area contributed by atoms with Gasteiger partial charge in [-0.3, -0.25) is 14.5 Å². The molecule has 0 aromatic heterocycles. The first-order valence-electron chi connectivity index (χ1n) is 8.90. The zero-order valence-corrected chi connectivity index (χ0v) is 17.1. The van der Waals surface area contributed by atoms with Crippen LogP contribution in [0.3, 0.4) is 0 Å². The Bertz CT molecular complexity index is 836. The highest BCUT2D eigenvalue weighted by atomic mass is 79.9. The lowest BCUT2D eigenvalue weighted by atomic mass is 10.2. The number of benzene rings is 2. The van der Waals surface area contributed by atoms with Gasteiger partial charge in [0.2, 0.25) is 5.91 Å². The molecule has 1 aliphatic rings. The van der Waals surface area contributed by atoms with Crippen LogP contribution in [0.15, 0.2) is 46.9 Å². The van der Waals surface area contributed by atoms with E-state index < -0.39 is 0 Å². The van der Waals surface area contributed by atoms with Gasteiger partial charge in [0.15, 0.2) is 0 Å². The lowest BCUT2D eigenvalue weighted by Gasteiger charge is -2.25. The van der Waals surface area contributed by atoms with Crippen LogP contribution in [0.1, 0.15) is 10.4 Å². The van der Waals surface area contributed by atoms with E-state index in [0.717, 1.165) is 13.1 Å². The van der Waals surface area contributed by atoms with Crippen LogP contribution in [-0.2, 0) is 9.53 Å². The summed E-state index contributed by atoms with van der Waals surface area (Å²) in [5, 5.41) is 5.70. The average molecular weight is 448 g/mol. The zero-order chi connectivity index (χ0) is 19.9. The Hall–Kier alpha value is -2.42. The monoisotopic (exact) mass is 447 g/mol. The van der Waals surface area contributed by atoms with Crippen LogP contribution < -0.4 is 15.4 Å².